The number of rotatable bonds is 5. The van der Waals surface area contributed by atoms with Crippen molar-refractivity contribution < 1.29 is 13.2 Å². The van der Waals surface area contributed by atoms with E-state index in [1.807, 2.05) is 0 Å². The van der Waals surface area contributed by atoms with Crippen LogP contribution in [-0.4, -0.2) is 18.8 Å². The van der Waals surface area contributed by atoms with Gasteiger partial charge < -0.3 is 5.32 Å². The Morgan fingerprint density at radius 1 is 1.07 bits per heavy atom. The Bertz CT molecular complexity index is 170. The van der Waals surface area contributed by atoms with Gasteiger partial charge in [0.25, 0.3) is 0 Å². The van der Waals surface area contributed by atoms with Crippen molar-refractivity contribution in [2.24, 2.45) is 5.41 Å². The van der Waals surface area contributed by atoms with Gasteiger partial charge in [0.15, 0.2) is 0 Å². The minimum atomic E-state index is -4.00. The summed E-state index contributed by atoms with van der Waals surface area (Å²) in [5.41, 5.74) is 0.157. The van der Waals surface area contributed by atoms with Crippen molar-refractivity contribution in [2.75, 3.05) is 6.54 Å². The van der Waals surface area contributed by atoms with E-state index >= 15 is 0 Å². The fraction of sp³-hybridized carbons (Fsp3) is 1.00. The minimum absolute atomic E-state index is 0.157. The van der Waals surface area contributed by atoms with E-state index in [0.717, 1.165) is 0 Å². The van der Waals surface area contributed by atoms with Gasteiger partial charge in [-0.25, -0.2) is 0 Å². The summed E-state index contributed by atoms with van der Waals surface area (Å²) < 4.78 is 35.4. The largest absolute Gasteiger partial charge is 0.389 e. The second kappa shape index (κ2) is 5.73. The van der Waals surface area contributed by atoms with Crippen LogP contribution < -0.4 is 5.32 Å². The Balaban J connectivity index is 3.48. The summed E-state index contributed by atoms with van der Waals surface area (Å²) in [4.78, 5) is 0. The van der Waals surface area contributed by atoms with E-state index in [1.54, 1.807) is 0 Å². The molecular formula is C11H22F3N. The van der Waals surface area contributed by atoms with E-state index in [0.29, 0.717) is 19.0 Å². The summed E-state index contributed by atoms with van der Waals surface area (Å²) in [6.07, 6.45) is -3.87. The first kappa shape index (κ1) is 14.8. The molecule has 4 heteroatoms. The number of unbranched alkanes of at least 4 members (excludes halogenated alkanes) is 1. The zero-order valence-electron chi connectivity index (χ0n) is 10.0. The maximum Gasteiger partial charge on any atom is 0.389 e. The van der Waals surface area contributed by atoms with Gasteiger partial charge in [0.05, 0.1) is 0 Å². The molecule has 0 rings (SSSR count). The van der Waals surface area contributed by atoms with E-state index in [-0.39, 0.29) is 11.8 Å². The Labute approximate surface area is 90.4 Å². The predicted molar refractivity (Wildman–Crippen MR) is 56.8 cm³/mol. The van der Waals surface area contributed by atoms with Crippen LogP contribution in [0.2, 0.25) is 0 Å². The van der Waals surface area contributed by atoms with Crippen LogP contribution >= 0.6 is 0 Å². The first-order chi connectivity index (χ1) is 6.63. The molecule has 0 fully saturated rings. The molecule has 0 saturated heterocycles. The van der Waals surface area contributed by atoms with Gasteiger partial charge in [-0.2, -0.15) is 13.2 Å². The van der Waals surface area contributed by atoms with Crippen molar-refractivity contribution in [1.82, 2.24) is 5.32 Å². The summed E-state index contributed by atoms with van der Waals surface area (Å²) in [5, 5.41) is 3.24. The third-order valence-electron chi connectivity index (χ3n) is 2.64. The smallest absolute Gasteiger partial charge is 0.314 e. The standard InChI is InChI=1S/C11H22F3N/c1-9(10(2,3)4)15-8-6-5-7-11(12,13)14/h9,15H,5-8H2,1-4H3. The molecule has 0 aliphatic carbocycles. The normalized spacial score (nSPS) is 15.4. The molecule has 1 atom stereocenters. The molecule has 0 aliphatic heterocycles. The average molecular weight is 225 g/mol. The molecule has 1 unspecified atom stereocenters. The molecule has 0 heterocycles. The summed E-state index contributed by atoms with van der Waals surface area (Å²) in [5.74, 6) is 0. The highest BCUT2D eigenvalue weighted by atomic mass is 19.4. The van der Waals surface area contributed by atoms with Crippen molar-refractivity contribution in [2.45, 2.75) is 59.2 Å². The molecule has 0 aromatic rings. The van der Waals surface area contributed by atoms with Crippen LogP contribution in [0.1, 0.15) is 47.0 Å². The van der Waals surface area contributed by atoms with Crippen molar-refractivity contribution in [3.8, 4) is 0 Å². The zero-order chi connectivity index (χ0) is 12.1. The number of hydrogen-bond acceptors (Lipinski definition) is 1. The average Bonchev–Trinajstić information content (AvgIpc) is 1.99. The van der Waals surface area contributed by atoms with Crippen molar-refractivity contribution >= 4 is 0 Å². The maximum atomic E-state index is 11.8. The van der Waals surface area contributed by atoms with E-state index < -0.39 is 12.6 Å². The van der Waals surface area contributed by atoms with Crippen LogP contribution in [0.15, 0.2) is 0 Å². The monoisotopic (exact) mass is 225 g/mol. The van der Waals surface area contributed by atoms with Gasteiger partial charge in [0, 0.05) is 12.5 Å². The fourth-order valence-corrected chi connectivity index (χ4v) is 1.08. The summed E-state index contributed by atoms with van der Waals surface area (Å²) in [7, 11) is 0. The van der Waals surface area contributed by atoms with Crippen molar-refractivity contribution in [3.63, 3.8) is 0 Å². The topological polar surface area (TPSA) is 12.0 Å². The summed E-state index contributed by atoms with van der Waals surface area (Å²) in [6.45, 7) is 9.05. The lowest BCUT2D eigenvalue weighted by Gasteiger charge is -2.28. The Hall–Kier alpha value is -0.250. The van der Waals surface area contributed by atoms with Gasteiger partial charge in [-0.1, -0.05) is 20.8 Å². The molecule has 0 aromatic carbocycles. The van der Waals surface area contributed by atoms with E-state index in [9.17, 15) is 13.2 Å². The lowest BCUT2D eigenvalue weighted by atomic mass is 9.88. The van der Waals surface area contributed by atoms with Crippen LogP contribution in [0.3, 0.4) is 0 Å². The first-order valence-corrected chi connectivity index (χ1v) is 5.43. The maximum absolute atomic E-state index is 11.8. The fourth-order valence-electron chi connectivity index (χ4n) is 1.08. The van der Waals surface area contributed by atoms with E-state index in [1.165, 1.54) is 0 Å². The van der Waals surface area contributed by atoms with Gasteiger partial charge >= 0.3 is 6.18 Å². The number of nitrogens with one attached hydrogen (secondary N) is 1. The van der Waals surface area contributed by atoms with Crippen LogP contribution in [0.4, 0.5) is 13.2 Å². The van der Waals surface area contributed by atoms with E-state index in [4.69, 9.17) is 0 Å². The number of hydrogen-bond donors (Lipinski definition) is 1. The lowest BCUT2D eigenvalue weighted by molar-refractivity contribution is -0.135. The Morgan fingerprint density at radius 2 is 1.60 bits per heavy atom. The molecule has 0 bridgehead atoms. The molecule has 0 aliphatic rings. The van der Waals surface area contributed by atoms with Gasteiger partial charge in [0.1, 0.15) is 0 Å². The molecule has 92 valence electrons. The quantitative estimate of drug-likeness (QED) is 0.703. The molecule has 0 amide bonds. The van der Waals surface area contributed by atoms with Crippen molar-refractivity contribution in [3.05, 3.63) is 0 Å². The van der Waals surface area contributed by atoms with Gasteiger partial charge in [-0.05, 0) is 31.7 Å². The van der Waals surface area contributed by atoms with Crippen molar-refractivity contribution in [1.29, 1.82) is 0 Å². The Kier molecular flexibility index (Phi) is 5.63. The molecule has 1 N–H and O–H groups in total. The summed E-state index contributed by atoms with van der Waals surface area (Å²) in [6, 6.07) is 0.323. The molecular weight excluding hydrogens is 203 g/mol. The van der Waals surface area contributed by atoms with Crippen LogP contribution in [-0.2, 0) is 0 Å². The summed E-state index contributed by atoms with van der Waals surface area (Å²) >= 11 is 0. The van der Waals surface area contributed by atoms with E-state index in [2.05, 4.69) is 33.0 Å². The third kappa shape index (κ3) is 8.73. The highest BCUT2D eigenvalue weighted by molar-refractivity contribution is 4.75. The van der Waals surface area contributed by atoms with Crippen LogP contribution in [0, 0.1) is 5.41 Å². The Morgan fingerprint density at radius 3 is 2.00 bits per heavy atom. The molecule has 15 heavy (non-hydrogen) atoms. The second-order valence-corrected chi connectivity index (χ2v) is 5.11. The van der Waals surface area contributed by atoms with Crippen LogP contribution in [0.25, 0.3) is 0 Å². The minimum Gasteiger partial charge on any atom is -0.314 e. The van der Waals surface area contributed by atoms with Gasteiger partial charge in [-0.15, -0.1) is 0 Å². The predicted octanol–water partition coefficient (Wildman–Crippen LogP) is 3.74. The third-order valence-corrected chi connectivity index (χ3v) is 2.64. The first-order valence-electron chi connectivity index (χ1n) is 5.43. The molecule has 0 aromatic heterocycles. The highest BCUT2D eigenvalue weighted by Crippen LogP contribution is 2.22. The number of halogens is 3. The highest BCUT2D eigenvalue weighted by Gasteiger charge is 2.26. The molecule has 0 radical (unpaired) electrons. The zero-order valence-corrected chi connectivity index (χ0v) is 10.0. The molecule has 0 saturated carbocycles. The lowest BCUT2D eigenvalue weighted by Crippen LogP contribution is -2.38. The van der Waals surface area contributed by atoms with Gasteiger partial charge in [-0.3, -0.25) is 0 Å². The SMILES string of the molecule is CC(NCCCCC(F)(F)F)C(C)(C)C. The number of alkyl halides is 3. The second-order valence-electron chi connectivity index (χ2n) is 5.11. The van der Waals surface area contributed by atoms with Gasteiger partial charge in [0.2, 0.25) is 0 Å². The molecule has 0 spiro atoms. The van der Waals surface area contributed by atoms with Crippen LogP contribution in [0.5, 0.6) is 0 Å². The molecule has 1 nitrogen and oxygen atoms in total.